The molecule has 0 spiro atoms. The van der Waals surface area contributed by atoms with E-state index in [1.807, 2.05) is 6.92 Å². The molecule has 2 aromatic rings. The van der Waals surface area contributed by atoms with Crippen molar-refractivity contribution in [3.63, 3.8) is 0 Å². The number of ether oxygens (including phenoxy) is 1. The van der Waals surface area contributed by atoms with E-state index >= 15 is 0 Å². The fourth-order valence-corrected chi connectivity index (χ4v) is 2.37. The van der Waals surface area contributed by atoms with Gasteiger partial charge in [-0.15, -0.1) is 0 Å². The first kappa shape index (κ1) is 20.0. The number of hydrogen-bond donors (Lipinski definition) is 2. The molecular formula is C19H22N2O6. The molecule has 2 rings (SSSR count). The quantitative estimate of drug-likeness (QED) is 0.734. The molecule has 0 saturated heterocycles. The Morgan fingerprint density at radius 3 is 2.41 bits per heavy atom. The van der Waals surface area contributed by atoms with Crippen molar-refractivity contribution in [1.29, 1.82) is 0 Å². The van der Waals surface area contributed by atoms with Crippen LogP contribution in [0.4, 0.5) is 0 Å². The minimum absolute atomic E-state index is 0.0907. The van der Waals surface area contributed by atoms with Gasteiger partial charge in [0.05, 0.1) is 6.04 Å². The zero-order valence-electron chi connectivity index (χ0n) is 15.4. The molecule has 0 fully saturated rings. The lowest BCUT2D eigenvalue weighted by atomic mass is 10.0. The number of carboxylic acids is 1. The molecule has 2 N–H and O–H groups in total. The van der Waals surface area contributed by atoms with E-state index in [9.17, 15) is 14.4 Å². The van der Waals surface area contributed by atoms with Crippen LogP contribution in [0, 0.1) is 0 Å². The molecule has 27 heavy (non-hydrogen) atoms. The van der Waals surface area contributed by atoms with Crippen LogP contribution in [0.5, 0.6) is 5.75 Å². The van der Waals surface area contributed by atoms with Crippen molar-refractivity contribution in [2.24, 2.45) is 0 Å². The van der Waals surface area contributed by atoms with E-state index in [0.717, 1.165) is 0 Å². The molecule has 0 aliphatic carbocycles. The summed E-state index contributed by atoms with van der Waals surface area (Å²) in [7, 11) is 3.28. The summed E-state index contributed by atoms with van der Waals surface area (Å²) in [5.41, 5.74) is 0.713. The lowest BCUT2D eigenvalue weighted by Gasteiger charge is -2.20. The van der Waals surface area contributed by atoms with Gasteiger partial charge in [0.25, 0.3) is 11.8 Å². The summed E-state index contributed by atoms with van der Waals surface area (Å²) in [6.07, 6.45) is 0.556. The molecule has 0 aliphatic rings. The molecule has 1 unspecified atom stereocenters. The van der Waals surface area contributed by atoms with Crippen molar-refractivity contribution < 1.29 is 28.6 Å². The highest BCUT2D eigenvalue weighted by molar-refractivity contribution is 5.93. The number of aromatic carboxylic acids is 1. The smallest absolute Gasteiger partial charge is 0.371 e. The predicted molar refractivity (Wildman–Crippen MR) is 96.8 cm³/mol. The number of benzene rings is 1. The van der Waals surface area contributed by atoms with Crippen molar-refractivity contribution in [3.8, 4) is 5.75 Å². The van der Waals surface area contributed by atoms with Gasteiger partial charge in [-0.05, 0) is 24.6 Å². The first-order chi connectivity index (χ1) is 12.8. The molecule has 0 aliphatic heterocycles. The summed E-state index contributed by atoms with van der Waals surface area (Å²) in [6.45, 7) is 1.77. The second-order valence-electron chi connectivity index (χ2n) is 6.02. The molecule has 8 nitrogen and oxygen atoms in total. The Labute approximate surface area is 156 Å². The van der Waals surface area contributed by atoms with Crippen LogP contribution in [-0.2, 0) is 4.79 Å². The number of hydrogen-bond acceptors (Lipinski definition) is 5. The second-order valence-corrected chi connectivity index (χ2v) is 6.02. The number of furan rings is 1. The molecule has 0 radical (unpaired) electrons. The third-order valence-corrected chi connectivity index (χ3v) is 3.90. The lowest BCUT2D eigenvalue weighted by molar-refractivity contribution is -0.130. The second kappa shape index (κ2) is 8.88. The normalized spacial score (nSPS) is 11.5. The Hall–Kier alpha value is -3.29. The average Bonchev–Trinajstić information content (AvgIpc) is 3.15. The Kier molecular flexibility index (Phi) is 6.59. The van der Waals surface area contributed by atoms with Crippen molar-refractivity contribution >= 4 is 17.8 Å². The summed E-state index contributed by atoms with van der Waals surface area (Å²) in [5.74, 6) is -1.87. The van der Waals surface area contributed by atoms with Crippen molar-refractivity contribution in [3.05, 3.63) is 53.5 Å². The summed E-state index contributed by atoms with van der Waals surface area (Å²) in [6, 6.07) is 9.24. The number of para-hydroxylation sites is 1. The van der Waals surface area contributed by atoms with Gasteiger partial charge in [-0.2, -0.15) is 0 Å². The predicted octanol–water partition coefficient (Wildman–Crippen LogP) is 2.33. The highest BCUT2D eigenvalue weighted by Crippen LogP contribution is 2.27. The van der Waals surface area contributed by atoms with Crippen molar-refractivity contribution in [2.75, 3.05) is 20.7 Å². The van der Waals surface area contributed by atoms with Crippen LogP contribution in [0.15, 0.2) is 40.8 Å². The fourth-order valence-electron chi connectivity index (χ4n) is 2.37. The number of likely N-dealkylation sites (N-methyl/N-ethyl adjacent to an activating group) is 1. The molecule has 2 amide bonds. The van der Waals surface area contributed by atoms with Gasteiger partial charge >= 0.3 is 5.97 Å². The van der Waals surface area contributed by atoms with E-state index in [1.54, 1.807) is 38.4 Å². The Morgan fingerprint density at radius 1 is 1.15 bits per heavy atom. The number of carbonyl (C=O) groups excluding carboxylic acids is 2. The number of carboxylic acid groups (broad SMARTS) is 1. The van der Waals surface area contributed by atoms with E-state index in [-0.39, 0.29) is 24.0 Å². The molecular weight excluding hydrogens is 352 g/mol. The van der Waals surface area contributed by atoms with E-state index in [4.69, 9.17) is 14.3 Å². The third-order valence-electron chi connectivity index (χ3n) is 3.90. The largest absolute Gasteiger partial charge is 0.483 e. The van der Waals surface area contributed by atoms with Crippen LogP contribution >= 0.6 is 0 Å². The number of nitrogens with zero attached hydrogens (tertiary/aromatic N) is 1. The standard InChI is InChI=1S/C19H22N2O6/c1-4-13(20-18(23)15-9-10-16(27-15)19(24)25)12-7-5-6-8-14(12)26-11-17(22)21(2)3/h5-10,13H,4,11H2,1-3H3,(H,20,23)(H,24,25). The summed E-state index contributed by atoms with van der Waals surface area (Å²) >= 11 is 0. The maximum Gasteiger partial charge on any atom is 0.371 e. The van der Waals surface area contributed by atoms with Gasteiger partial charge < -0.3 is 24.5 Å². The molecule has 0 bridgehead atoms. The lowest BCUT2D eigenvalue weighted by Crippen LogP contribution is -2.30. The summed E-state index contributed by atoms with van der Waals surface area (Å²) in [4.78, 5) is 36.5. The van der Waals surface area contributed by atoms with Crippen LogP contribution in [0.25, 0.3) is 0 Å². The van der Waals surface area contributed by atoms with Gasteiger partial charge in [-0.25, -0.2) is 4.79 Å². The van der Waals surface area contributed by atoms with Gasteiger partial charge in [0.1, 0.15) is 5.75 Å². The van der Waals surface area contributed by atoms with Crippen molar-refractivity contribution in [2.45, 2.75) is 19.4 Å². The van der Waals surface area contributed by atoms with Gasteiger partial charge in [0.2, 0.25) is 5.76 Å². The third kappa shape index (κ3) is 5.10. The van der Waals surface area contributed by atoms with E-state index < -0.39 is 17.9 Å². The molecule has 8 heteroatoms. The zero-order chi connectivity index (χ0) is 20.0. The Bertz CT molecular complexity index is 827. The topological polar surface area (TPSA) is 109 Å². The number of rotatable bonds is 8. The molecule has 1 aromatic carbocycles. The van der Waals surface area contributed by atoms with Crippen LogP contribution in [-0.4, -0.2) is 48.5 Å². The number of carbonyl (C=O) groups is 3. The van der Waals surface area contributed by atoms with E-state index in [1.165, 1.54) is 17.0 Å². The average molecular weight is 374 g/mol. The van der Waals surface area contributed by atoms with Crippen LogP contribution in [0.2, 0.25) is 0 Å². The highest BCUT2D eigenvalue weighted by atomic mass is 16.5. The minimum atomic E-state index is -1.25. The van der Waals surface area contributed by atoms with Gasteiger partial charge in [-0.3, -0.25) is 9.59 Å². The maximum atomic E-state index is 12.4. The fraction of sp³-hybridized carbons (Fsp3) is 0.316. The van der Waals surface area contributed by atoms with Crippen molar-refractivity contribution in [1.82, 2.24) is 10.2 Å². The molecule has 1 aromatic heterocycles. The van der Waals surface area contributed by atoms with E-state index in [0.29, 0.717) is 17.7 Å². The Morgan fingerprint density at radius 2 is 1.81 bits per heavy atom. The van der Waals surface area contributed by atoms with Crippen LogP contribution < -0.4 is 10.1 Å². The number of amides is 2. The van der Waals surface area contributed by atoms with Gasteiger partial charge in [-0.1, -0.05) is 25.1 Å². The first-order valence-corrected chi connectivity index (χ1v) is 8.39. The van der Waals surface area contributed by atoms with Crippen LogP contribution in [0.1, 0.15) is 46.1 Å². The molecule has 1 atom stereocenters. The SMILES string of the molecule is CCC(NC(=O)c1ccc(C(=O)O)o1)c1ccccc1OCC(=O)N(C)C. The van der Waals surface area contributed by atoms with Gasteiger partial charge in [0.15, 0.2) is 12.4 Å². The zero-order valence-corrected chi connectivity index (χ0v) is 15.4. The molecule has 1 heterocycles. The first-order valence-electron chi connectivity index (χ1n) is 8.39. The van der Waals surface area contributed by atoms with Gasteiger partial charge in [0, 0.05) is 19.7 Å². The maximum absolute atomic E-state index is 12.4. The minimum Gasteiger partial charge on any atom is -0.483 e. The molecule has 144 valence electrons. The monoisotopic (exact) mass is 374 g/mol. The Balaban J connectivity index is 2.15. The summed E-state index contributed by atoms with van der Waals surface area (Å²) < 4.78 is 10.7. The number of nitrogens with one attached hydrogen (secondary N) is 1. The highest BCUT2D eigenvalue weighted by Gasteiger charge is 2.21. The summed E-state index contributed by atoms with van der Waals surface area (Å²) in [5, 5.41) is 11.7. The molecule has 0 saturated carbocycles. The van der Waals surface area contributed by atoms with E-state index in [2.05, 4.69) is 5.32 Å². The van der Waals surface area contributed by atoms with Crippen LogP contribution in [0.3, 0.4) is 0 Å².